The second-order valence-electron chi connectivity index (χ2n) is 17.8. The maximum atomic E-state index is 7.09. The molecule has 0 spiro atoms. The molecule has 0 fully saturated rings. The molecule has 7 nitrogen and oxygen atoms in total. The number of furan rings is 2. The molecule has 0 unspecified atom stereocenters. The van der Waals surface area contributed by atoms with Gasteiger partial charge in [0.05, 0.1) is 49.5 Å². The molecule has 10 aromatic carbocycles. The van der Waals surface area contributed by atoms with E-state index in [-0.39, 0.29) is 0 Å². The van der Waals surface area contributed by atoms with E-state index in [0.29, 0.717) is 23.1 Å². The number of para-hydroxylation sites is 5. The number of benzene rings is 10. The van der Waals surface area contributed by atoms with Crippen LogP contribution in [-0.4, -0.2) is 24.1 Å². The Morgan fingerprint density at radius 2 is 0.743 bits per heavy atom. The normalized spacial score (nSPS) is 12.0. The summed E-state index contributed by atoms with van der Waals surface area (Å²) >= 11 is 0. The minimum Gasteiger partial charge on any atom is -0.455 e. The van der Waals surface area contributed by atoms with Gasteiger partial charge in [0.15, 0.2) is 17.5 Å². The molecule has 15 aromatic rings. The fourth-order valence-corrected chi connectivity index (χ4v) is 10.9. The van der Waals surface area contributed by atoms with Crippen LogP contribution in [0.1, 0.15) is 0 Å². The fourth-order valence-electron chi connectivity index (χ4n) is 10.9. The first kappa shape index (κ1) is 38.5. The van der Waals surface area contributed by atoms with E-state index in [2.05, 4.69) is 185 Å². The minimum atomic E-state index is 0.520. The van der Waals surface area contributed by atoms with Gasteiger partial charge in [0, 0.05) is 43.7 Å². The molecule has 70 heavy (non-hydrogen) atoms. The Labute approximate surface area is 399 Å². The van der Waals surface area contributed by atoms with Crippen molar-refractivity contribution in [2.75, 3.05) is 0 Å². The van der Waals surface area contributed by atoms with E-state index < -0.39 is 0 Å². The Morgan fingerprint density at radius 3 is 1.41 bits per heavy atom. The molecular formula is C63H37N5O2. The molecule has 7 heteroatoms. The second kappa shape index (κ2) is 15.0. The van der Waals surface area contributed by atoms with Crippen LogP contribution in [0.15, 0.2) is 233 Å². The molecule has 5 aromatic heterocycles. The Hall–Kier alpha value is -9.59. The molecule has 0 aliphatic rings. The molecule has 0 amide bonds. The summed E-state index contributed by atoms with van der Waals surface area (Å²) in [5, 5.41) is 8.55. The summed E-state index contributed by atoms with van der Waals surface area (Å²) in [4.78, 5) is 15.6. The van der Waals surface area contributed by atoms with Crippen molar-refractivity contribution in [2.24, 2.45) is 0 Å². The van der Waals surface area contributed by atoms with Gasteiger partial charge < -0.3 is 18.0 Å². The van der Waals surface area contributed by atoms with Crippen LogP contribution in [-0.2, 0) is 0 Å². The zero-order chi connectivity index (χ0) is 45.9. The van der Waals surface area contributed by atoms with Crippen molar-refractivity contribution >= 4 is 87.5 Å². The monoisotopic (exact) mass is 895 g/mol. The van der Waals surface area contributed by atoms with Crippen molar-refractivity contribution in [1.29, 1.82) is 0 Å². The van der Waals surface area contributed by atoms with Crippen molar-refractivity contribution in [1.82, 2.24) is 24.1 Å². The van der Waals surface area contributed by atoms with Gasteiger partial charge in [0.2, 0.25) is 0 Å². The summed E-state index contributed by atoms with van der Waals surface area (Å²) in [6.07, 6.45) is 0. The molecule has 0 aliphatic carbocycles. The first-order valence-electron chi connectivity index (χ1n) is 23.5. The van der Waals surface area contributed by atoms with E-state index in [1.807, 2.05) is 48.5 Å². The maximum Gasteiger partial charge on any atom is 0.167 e. The van der Waals surface area contributed by atoms with Crippen LogP contribution in [0.5, 0.6) is 0 Å². The Balaban J connectivity index is 1.06. The van der Waals surface area contributed by atoms with Gasteiger partial charge in [0.25, 0.3) is 0 Å². The lowest BCUT2D eigenvalue weighted by atomic mass is 10.0. The first-order chi connectivity index (χ1) is 34.7. The highest BCUT2D eigenvalue weighted by molar-refractivity contribution is 6.39. The van der Waals surface area contributed by atoms with Crippen LogP contribution in [0.3, 0.4) is 0 Å². The Bertz CT molecular complexity index is 4570. The molecule has 0 saturated carbocycles. The van der Waals surface area contributed by atoms with Gasteiger partial charge in [0.1, 0.15) is 22.3 Å². The standard InChI is InChI=1S/C63H37N5O2/c1-4-18-38(19-5-1)39-32-34-41(35-33-39)62-64-61(40-20-6-2-7-21-40)65-63(66-62)47-36-37-50(53-45-26-12-16-30-51(45)69-59(47)53)68-49-29-15-11-25-44(49)55-58(68)54-43-24-10-14-28-48(43)67(42-22-8-3-9-23-42)57(54)56-46-27-13-17-31-52(46)70-60(55)56/h1-37H. The molecule has 0 saturated heterocycles. The molecule has 0 aliphatic heterocycles. The summed E-state index contributed by atoms with van der Waals surface area (Å²) in [6, 6.07) is 78.2. The van der Waals surface area contributed by atoms with E-state index in [4.69, 9.17) is 23.8 Å². The summed E-state index contributed by atoms with van der Waals surface area (Å²) in [5.41, 5.74) is 14.3. The van der Waals surface area contributed by atoms with E-state index in [1.165, 1.54) is 0 Å². The van der Waals surface area contributed by atoms with Gasteiger partial charge in [-0.05, 0) is 59.7 Å². The predicted octanol–water partition coefficient (Wildman–Crippen LogP) is 16.5. The quantitative estimate of drug-likeness (QED) is 0.166. The Morgan fingerprint density at radius 1 is 0.300 bits per heavy atom. The average molecular weight is 896 g/mol. The average Bonchev–Trinajstić information content (AvgIpc) is 4.20. The largest absolute Gasteiger partial charge is 0.455 e. The van der Waals surface area contributed by atoms with Gasteiger partial charge in [-0.1, -0.05) is 176 Å². The van der Waals surface area contributed by atoms with E-state index >= 15 is 0 Å². The lowest BCUT2D eigenvalue weighted by Crippen LogP contribution is -2.01. The van der Waals surface area contributed by atoms with Gasteiger partial charge in [-0.3, -0.25) is 0 Å². The van der Waals surface area contributed by atoms with Crippen molar-refractivity contribution in [3.05, 3.63) is 224 Å². The van der Waals surface area contributed by atoms with Crippen molar-refractivity contribution in [2.45, 2.75) is 0 Å². The molecule has 0 N–H and O–H groups in total. The minimum absolute atomic E-state index is 0.520. The van der Waals surface area contributed by atoms with Crippen LogP contribution in [0.4, 0.5) is 0 Å². The molecule has 0 bridgehead atoms. The van der Waals surface area contributed by atoms with Gasteiger partial charge >= 0.3 is 0 Å². The fraction of sp³-hybridized carbons (Fsp3) is 0. The van der Waals surface area contributed by atoms with E-state index in [1.54, 1.807) is 0 Å². The molecule has 5 heterocycles. The molecular weight excluding hydrogens is 859 g/mol. The zero-order valence-electron chi connectivity index (χ0n) is 37.4. The predicted molar refractivity (Wildman–Crippen MR) is 285 cm³/mol. The topological polar surface area (TPSA) is 74.8 Å². The maximum absolute atomic E-state index is 7.09. The van der Waals surface area contributed by atoms with Crippen LogP contribution < -0.4 is 0 Å². The summed E-state index contributed by atoms with van der Waals surface area (Å²) in [6.45, 7) is 0. The smallest absolute Gasteiger partial charge is 0.167 e. The van der Waals surface area contributed by atoms with E-state index in [0.717, 1.165) is 121 Å². The highest BCUT2D eigenvalue weighted by atomic mass is 16.3. The molecule has 0 atom stereocenters. The van der Waals surface area contributed by atoms with Crippen LogP contribution in [0.2, 0.25) is 0 Å². The lowest BCUT2D eigenvalue weighted by Gasteiger charge is -2.14. The van der Waals surface area contributed by atoms with Crippen molar-refractivity contribution in [3.8, 4) is 56.7 Å². The van der Waals surface area contributed by atoms with Crippen LogP contribution >= 0.6 is 0 Å². The first-order valence-corrected chi connectivity index (χ1v) is 23.5. The zero-order valence-corrected chi connectivity index (χ0v) is 37.4. The van der Waals surface area contributed by atoms with Crippen molar-refractivity contribution in [3.63, 3.8) is 0 Å². The number of fused-ring (bicyclic) bond motifs is 15. The molecule has 326 valence electrons. The van der Waals surface area contributed by atoms with Crippen LogP contribution in [0, 0.1) is 0 Å². The lowest BCUT2D eigenvalue weighted by molar-refractivity contribution is 0.669. The summed E-state index contributed by atoms with van der Waals surface area (Å²) < 4.78 is 19.0. The summed E-state index contributed by atoms with van der Waals surface area (Å²) in [7, 11) is 0. The van der Waals surface area contributed by atoms with Crippen LogP contribution in [0.25, 0.3) is 144 Å². The molecule has 0 radical (unpaired) electrons. The van der Waals surface area contributed by atoms with Gasteiger partial charge in [-0.25, -0.2) is 15.0 Å². The summed E-state index contributed by atoms with van der Waals surface area (Å²) in [5.74, 6) is 1.67. The van der Waals surface area contributed by atoms with Gasteiger partial charge in [-0.15, -0.1) is 0 Å². The van der Waals surface area contributed by atoms with Gasteiger partial charge in [-0.2, -0.15) is 0 Å². The second-order valence-corrected chi connectivity index (χ2v) is 17.8. The number of nitrogens with zero attached hydrogens (tertiary/aromatic N) is 5. The van der Waals surface area contributed by atoms with Crippen molar-refractivity contribution < 1.29 is 8.83 Å². The third-order valence-electron chi connectivity index (χ3n) is 14.0. The number of rotatable bonds is 6. The highest BCUT2D eigenvalue weighted by Gasteiger charge is 2.29. The molecule has 15 rings (SSSR count). The SMILES string of the molecule is c1ccc(-c2ccc(-c3nc(-c4ccccc4)nc(-c4ccc(-n5c6ccccc6c6c7oc8ccccc8c7c7c(c8ccccc8n7-c7ccccc7)c65)c5c4oc4ccccc45)n3)cc2)cc1. The van der Waals surface area contributed by atoms with E-state index in [9.17, 15) is 0 Å². The Kier molecular flexibility index (Phi) is 8.23. The number of aromatic nitrogens is 5. The third kappa shape index (κ3) is 5.60. The number of hydrogen-bond acceptors (Lipinski definition) is 5. The highest BCUT2D eigenvalue weighted by Crippen LogP contribution is 2.51. The third-order valence-corrected chi connectivity index (χ3v) is 14.0. The number of hydrogen-bond donors (Lipinski definition) is 0.